The molecule has 0 spiro atoms. The minimum Gasteiger partial charge on any atom is -0.508 e. The van der Waals surface area contributed by atoms with E-state index in [1.165, 1.54) is 54.6 Å². The van der Waals surface area contributed by atoms with Crippen molar-refractivity contribution in [2.24, 2.45) is 0 Å². The number of rotatable bonds is 5. The standard InChI is InChI=1S/C23H14ClNO6/c24-15-4-1-13(2-5-15)20(27)12-31-23(30)14-3-10-18-19(11-14)22(29)25(21(18)28)16-6-8-17(26)9-7-16/h1-11,26H,12H2. The molecule has 0 unspecified atom stereocenters. The molecule has 8 heteroatoms. The summed E-state index contributed by atoms with van der Waals surface area (Å²) in [4.78, 5) is 50.9. The van der Waals surface area contributed by atoms with Crippen molar-refractivity contribution in [1.82, 2.24) is 0 Å². The van der Waals surface area contributed by atoms with E-state index >= 15 is 0 Å². The highest BCUT2D eigenvalue weighted by atomic mass is 35.5. The number of ketones is 1. The molecule has 0 aromatic heterocycles. The van der Waals surface area contributed by atoms with Crippen LogP contribution in [0.25, 0.3) is 0 Å². The van der Waals surface area contributed by atoms with Gasteiger partial charge in [0, 0.05) is 10.6 Å². The fourth-order valence-electron chi connectivity index (χ4n) is 3.14. The number of imide groups is 1. The highest BCUT2D eigenvalue weighted by molar-refractivity contribution is 6.34. The van der Waals surface area contributed by atoms with Crippen molar-refractivity contribution >= 4 is 40.9 Å². The summed E-state index contributed by atoms with van der Waals surface area (Å²) in [5.74, 6) is -2.34. The molecule has 1 aliphatic heterocycles. The van der Waals surface area contributed by atoms with Gasteiger partial charge in [-0.15, -0.1) is 0 Å². The maximum atomic E-state index is 12.8. The van der Waals surface area contributed by atoms with Crippen molar-refractivity contribution in [2.75, 3.05) is 11.5 Å². The first-order valence-corrected chi connectivity index (χ1v) is 9.50. The third-order valence-electron chi connectivity index (χ3n) is 4.73. The van der Waals surface area contributed by atoms with Gasteiger partial charge in [-0.05, 0) is 66.7 Å². The molecule has 0 bridgehead atoms. The number of carbonyl (C=O) groups excluding carboxylic acids is 4. The topological polar surface area (TPSA) is 101 Å². The fourth-order valence-corrected chi connectivity index (χ4v) is 3.26. The second-order valence-corrected chi connectivity index (χ2v) is 7.17. The number of phenols is 1. The first-order valence-electron chi connectivity index (χ1n) is 9.13. The highest BCUT2D eigenvalue weighted by Crippen LogP contribution is 2.30. The van der Waals surface area contributed by atoms with E-state index in [2.05, 4.69) is 0 Å². The van der Waals surface area contributed by atoms with Gasteiger partial charge in [-0.3, -0.25) is 14.4 Å². The van der Waals surface area contributed by atoms with Gasteiger partial charge in [0.15, 0.2) is 12.4 Å². The lowest BCUT2D eigenvalue weighted by molar-refractivity contribution is 0.0474. The zero-order valence-corrected chi connectivity index (χ0v) is 16.6. The molecule has 4 rings (SSSR count). The molecule has 2 amide bonds. The molecule has 0 saturated carbocycles. The van der Waals surface area contributed by atoms with Crippen LogP contribution in [0.1, 0.15) is 41.4 Å². The van der Waals surface area contributed by atoms with Crippen LogP contribution in [0.4, 0.5) is 5.69 Å². The molecule has 0 saturated heterocycles. The van der Waals surface area contributed by atoms with Gasteiger partial charge in [0.1, 0.15) is 5.75 Å². The van der Waals surface area contributed by atoms with Crippen molar-refractivity contribution in [3.05, 3.63) is 94.0 Å². The second-order valence-electron chi connectivity index (χ2n) is 6.73. The van der Waals surface area contributed by atoms with Gasteiger partial charge in [0.25, 0.3) is 11.8 Å². The van der Waals surface area contributed by atoms with Gasteiger partial charge in [-0.25, -0.2) is 9.69 Å². The molecule has 31 heavy (non-hydrogen) atoms. The number of carbonyl (C=O) groups is 4. The number of anilines is 1. The van der Waals surface area contributed by atoms with Gasteiger partial charge in [-0.1, -0.05) is 11.6 Å². The van der Waals surface area contributed by atoms with E-state index < -0.39 is 30.2 Å². The van der Waals surface area contributed by atoms with Gasteiger partial charge in [0.2, 0.25) is 0 Å². The van der Waals surface area contributed by atoms with Crippen LogP contribution >= 0.6 is 11.6 Å². The van der Waals surface area contributed by atoms with Crippen LogP contribution in [0.15, 0.2) is 66.7 Å². The number of ether oxygens (including phenoxy) is 1. The average molecular weight is 436 g/mol. The normalized spacial score (nSPS) is 12.6. The molecule has 1 aliphatic rings. The maximum absolute atomic E-state index is 12.8. The fraction of sp³-hybridized carbons (Fsp3) is 0.0435. The van der Waals surface area contributed by atoms with Crippen LogP contribution in [0.5, 0.6) is 5.75 Å². The number of benzene rings is 3. The van der Waals surface area contributed by atoms with Gasteiger partial charge in [0.05, 0.1) is 22.4 Å². The summed E-state index contributed by atoms with van der Waals surface area (Å²) in [6.45, 7) is -0.482. The third kappa shape index (κ3) is 3.91. The molecule has 7 nitrogen and oxygen atoms in total. The minimum absolute atomic E-state index is 0.00135. The molecule has 1 N–H and O–H groups in total. The van der Waals surface area contributed by atoms with Crippen LogP contribution in [-0.4, -0.2) is 35.3 Å². The molecule has 154 valence electrons. The van der Waals surface area contributed by atoms with Crippen molar-refractivity contribution in [3.63, 3.8) is 0 Å². The Morgan fingerprint density at radius 2 is 1.45 bits per heavy atom. The van der Waals surface area contributed by atoms with E-state index in [9.17, 15) is 24.3 Å². The van der Waals surface area contributed by atoms with E-state index in [1.54, 1.807) is 12.1 Å². The van der Waals surface area contributed by atoms with Crippen LogP contribution in [-0.2, 0) is 4.74 Å². The van der Waals surface area contributed by atoms with Crippen molar-refractivity contribution in [2.45, 2.75) is 0 Å². The average Bonchev–Trinajstić information content (AvgIpc) is 3.02. The van der Waals surface area contributed by atoms with Crippen LogP contribution in [0.3, 0.4) is 0 Å². The number of hydrogen-bond acceptors (Lipinski definition) is 6. The summed E-state index contributed by atoms with van der Waals surface area (Å²) in [5.41, 5.74) is 0.873. The monoisotopic (exact) mass is 435 g/mol. The number of hydrogen-bond donors (Lipinski definition) is 1. The minimum atomic E-state index is -0.798. The Labute approximate surface area is 181 Å². The van der Waals surface area contributed by atoms with Crippen molar-refractivity contribution in [3.8, 4) is 5.75 Å². The predicted molar refractivity (Wildman–Crippen MR) is 112 cm³/mol. The summed E-state index contributed by atoms with van der Waals surface area (Å²) in [5, 5.41) is 9.89. The summed E-state index contributed by atoms with van der Waals surface area (Å²) in [6.07, 6.45) is 0. The lowest BCUT2D eigenvalue weighted by Gasteiger charge is -2.13. The lowest BCUT2D eigenvalue weighted by atomic mass is 10.1. The quantitative estimate of drug-likeness (QED) is 0.370. The molecule has 1 heterocycles. The highest BCUT2D eigenvalue weighted by Gasteiger charge is 2.37. The van der Waals surface area contributed by atoms with Gasteiger partial charge >= 0.3 is 5.97 Å². The maximum Gasteiger partial charge on any atom is 0.338 e. The molecule has 0 atom stereocenters. The summed E-state index contributed by atoms with van der Waals surface area (Å²) >= 11 is 5.79. The number of nitrogens with zero attached hydrogens (tertiary/aromatic N) is 1. The first kappa shape index (κ1) is 20.3. The Morgan fingerprint density at radius 3 is 2.13 bits per heavy atom. The van der Waals surface area contributed by atoms with E-state index in [-0.39, 0.29) is 22.4 Å². The van der Waals surface area contributed by atoms with E-state index in [4.69, 9.17) is 16.3 Å². The molecular formula is C23H14ClNO6. The predicted octanol–water partition coefficient (Wildman–Crippen LogP) is 3.89. The largest absolute Gasteiger partial charge is 0.508 e. The van der Waals surface area contributed by atoms with Gasteiger partial charge < -0.3 is 9.84 Å². The molecular weight excluding hydrogens is 422 g/mol. The number of esters is 1. The van der Waals surface area contributed by atoms with Gasteiger partial charge in [-0.2, -0.15) is 0 Å². The molecule has 0 radical (unpaired) electrons. The number of halogens is 1. The Balaban J connectivity index is 1.50. The molecule has 0 fully saturated rings. The smallest absolute Gasteiger partial charge is 0.338 e. The number of Topliss-reactive ketones (excluding diaryl/α,β-unsaturated/α-hetero) is 1. The number of phenolic OH excluding ortho intramolecular Hbond substituents is 1. The number of aromatic hydroxyl groups is 1. The zero-order valence-electron chi connectivity index (χ0n) is 15.9. The summed E-state index contributed by atoms with van der Waals surface area (Å²) in [6, 6.07) is 15.8. The van der Waals surface area contributed by atoms with E-state index in [0.29, 0.717) is 16.3 Å². The van der Waals surface area contributed by atoms with E-state index in [1.807, 2.05) is 0 Å². The third-order valence-corrected chi connectivity index (χ3v) is 4.98. The SMILES string of the molecule is O=C(COC(=O)c1ccc2c(c1)C(=O)N(c1ccc(O)cc1)C2=O)c1ccc(Cl)cc1. The number of amides is 2. The van der Waals surface area contributed by atoms with Crippen LogP contribution in [0.2, 0.25) is 5.02 Å². The Morgan fingerprint density at radius 1 is 0.839 bits per heavy atom. The second kappa shape index (κ2) is 8.04. The lowest BCUT2D eigenvalue weighted by Crippen LogP contribution is -2.29. The van der Waals surface area contributed by atoms with Crippen molar-refractivity contribution in [1.29, 1.82) is 0 Å². The van der Waals surface area contributed by atoms with Crippen molar-refractivity contribution < 1.29 is 29.0 Å². The Bertz CT molecular complexity index is 1220. The summed E-state index contributed by atoms with van der Waals surface area (Å²) < 4.78 is 5.06. The molecule has 3 aromatic rings. The number of fused-ring (bicyclic) bond motifs is 1. The van der Waals surface area contributed by atoms with Crippen LogP contribution in [0, 0.1) is 0 Å². The zero-order chi connectivity index (χ0) is 22.1. The Kier molecular flexibility index (Phi) is 5.27. The summed E-state index contributed by atoms with van der Waals surface area (Å²) in [7, 11) is 0. The first-order chi connectivity index (χ1) is 14.8. The molecule has 3 aromatic carbocycles. The van der Waals surface area contributed by atoms with E-state index in [0.717, 1.165) is 4.90 Å². The Hall–Kier alpha value is -3.97. The molecule has 0 aliphatic carbocycles. The van der Waals surface area contributed by atoms with Crippen LogP contribution < -0.4 is 4.90 Å².